The van der Waals surface area contributed by atoms with E-state index in [4.69, 9.17) is 0 Å². The molecule has 1 nitrogen and oxygen atoms in total. The molecule has 1 aliphatic carbocycles. The molecule has 0 saturated carbocycles. The monoisotopic (exact) mass is 813 g/mol. The third-order valence-corrected chi connectivity index (χ3v) is 23.9. The summed E-state index contributed by atoms with van der Waals surface area (Å²) in [6.07, 6.45) is 0. The van der Waals surface area contributed by atoms with Crippen molar-refractivity contribution >= 4 is 47.9 Å². The van der Waals surface area contributed by atoms with Crippen molar-refractivity contribution in [1.82, 2.24) is 0 Å². The predicted molar refractivity (Wildman–Crippen MR) is 251 cm³/mol. The fraction of sp³-hybridized carbons (Fsp3) is 0.0526. The third kappa shape index (κ3) is 4.92. The van der Waals surface area contributed by atoms with Crippen LogP contribution in [0.25, 0.3) is 55.6 Å². The van der Waals surface area contributed by atoms with Crippen LogP contribution in [0.3, 0.4) is 0 Å². The first kappa shape index (κ1) is 34.4. The van der Waals surface area contributed by atoms with E-state index in [1.165, 1.54) is 76.8 Å². The molecule has 0 unspecified atom stereocenters. The second kappa shape index (κ2) is 12.9. The zero-order valence-corrected chi connectivity index (χ0v) is 35.3. The molecule has 3 aliphatic rings. The van der Waals surface area contributed by atoms with Crippen LogP contribution in [0, 0.1) is 0 Å². The van der Waals surface area contributed by atoms with Crippen LogP contribution >= 0.6 is 0 Å². The average Bonchev–Trinajstić information content (AvgIpc) is 3.85. The van der Waals surface area contributed by atoms with Crippen molar-refractivity contribution in [1.29, 1.82) is 0 Å². The molecule has 0 aromatic heterocycles. The molecule has 9 aromatic rings. The van der Waals surface area contributed by atoms with Crippen LogP contribution in [0.2, 0.25) is 0 Å². The van der Waals surface area contributed by atoms with Crippen molar-refractivity contribution in [2.45, 2.75) is 19.3 Å². The maximum absolute atomic E-state index is 3.41. The van der Waals surface area contributed by atoms with Crippen molar-refractivity contribution in [2.75, 3.05) is 4.90 Å². The second-order valence-corrected chi connectivity index (χ2v) is 24.5. The van der Waals surface area contributed by atoms with Gasteiger partial charge in [0.1, 0.15) is 0 Å². The van der Waals surface area contributed by atoms with E-state index in [0.717, 1.165) is 11.4 Å². The summed E-state index contributed by atoms with van der Waals surface area (Å²) in [7, 11) is 0. The van der Waals surface area contributed by atoms with E-state index in [0.29, 0.717) is 0 Å². The van der Waals surface area contributed by atoms with Gasteiger partial charge in [-0.1, -0.05) is 30.3 Å². The summed E-state index contributed by atoms with van der Waals surface area (Å²) in [6.45, 7) is 4.73. The van der Waals surface area contributed by atoms with Crippen LogP contribution in [0.4, 0.5) is 17.1 Å². The number of rotatable bonds is 5. The van der Waals surface area contributed by atoms with E-state index in [1.807, 2.05) is 0 Å². The number of hydrogen-bond donors (Lipinski definition) is 0. The number of benzene rings is 9. The van der Waals surface area contributed by atoms with E-state index in [2.05, 4.69) is 231 Å². The molecule has 0 radical (unpaired) electrons. The van der Waals surface area contributed by atoms with E-state index in [9.17, 15) is 0 Å². The Morgan fingerprint density at radius 3 is 1.42 bits per heavy atom. The van der Waals surface area contributed by atoms with Gasteiger partial charge < -0.3 is 0 Å². The molecular formula is C57H41GeN. The molecule has 278 valence electrons. The van der Waals surface area contributed by atoms with Crippen LogP contribution in [0.15, 0.2) is 212 Å². The van der Waals surface area contributed by atoms with Crippen molar-refractivity contribution in [2.24, 2.45) is 0 Å². The first-order valence-electron chi connectivity index (χ1n) is 20.8. The van der Waals surface area contributed by atoms with Crippen LogP contribution in [-0.4, -0.2) is 13.3 Å². The Morgan fingerprint density at radius 1 is 0.305 bits per heavy atom. The quantitative estimate of drug-likeness (QED) is 0.157. The van der Waals surface area contributed by atoms with Crippen molar-refractivity contribution in [3.8, 4) is 55.6 Å². The first-order chi connectivity index (χ1) is 29.0. The number of hydrogen-bond acceptors (Lipinski definition) is 1. The van der Waals surface area contributed by atoms with Crippen molar-refractivity contribution < 1.29 is 0 Å². The fourth-order valence-corrected chi connectivity index (χ4v) is 22.6. The molecule has 9 aromatic carbocycles. The number of anilines is 3. The van der Waals surface area contributed by atoms with Gasteiger partial charge in [-0.25, -0.2) is 0 Å². The maximum atomic E-state index is 2.58. The van der Waals surface area contributed by atoms with Gasteiger partial charge in [0.2, 0.25) is 0 Å². The Hall–Kier alpha value is -6.68. The molecule has 0 atom stereocenters. The summed E-state index contributed by atoms with van der Waals surface area (Å²) in [4.78, 5) is 2.52. The van der Waals surface area contributed by atoms with Crippen LogP contribution in [0.5, 0.6) is 0 Å². The van der Waals surface area contributed by atoms with Gasteiger partial charge in [0.05, 0.1) is 0 Å². The van der Waals surface area contributed by atoms with E-state index < -0.39 is 13.3 Å². The normalized spacial score (nSPS) is 14.2. The molecular weight excluding hydrogens is 771 g/mol. The van der Waals surface area contributed by atoms with Gasteiger partial charge in [-0.2, -0.15) is 0 Å². The number of nitrogens with zero attached hydrogens (tertiary/aromatic N) is 1. The van der Waals surface area contributed by atoms with Gasteiger partial charge >= 0.3 is 321 Å². The Bertz CT molecular complexity index is 3080. The third-order valence-electron chi connectivity index (χ3n) is 13.5. The molecule has 0 saturated heterocycles. The van der Waals surface area contributed by atoms with Gasteiger partial charge in [0.15, 0.2) is 0 Å². The van der Waals surface area contributed by atoms with Gasteiger partial charge in [0, 0.05) is 0 Å². The van der Waals surface area contributed by atoms with E-state index >= 15 is 0 Å². The number of fused-ring (bicyclic) bond motifs is 13. The Morgan fingerprint density at radius 2 is 0.763 bits per heavy atom. The molecule has 2 heteroatoms. The van der Waals surface area contributed by atoms with Crippen LogP contribution in [-0.2, 0) is 5.41 Å². The zero-order chi connectivity index (χ0) is 39.3. The molecule has 0 N–H and O–H groups in total. The van der Waals surface area contributed by atoms with Crippen molar-refractivity contribution in [3.63, 3.8) is 0 Å². The average molecular weight is 813 g/mol. The molecule has 59 heavy (non-hydrogen) atoms. The van der Waals surface area contributed by atoms with Crippen LogP contribution in [0.1, 0.15) is 25.0 Å². The molecule has 2 aliphatic heterocycles. The van der Waals surface area contributed by atoms with Gasteiger partial charge in [-0.15, -0.1) is 0 Å². The zero-order valence-electron chi connectivity index (χ0n) is 33.2. The minimum absolute atomic E-state index is 0.0658. The molecule has 0 bridgehead atoms. The van der Waals surface area contributed by atoms with Gasteiger partial charge in [-0.05, 0) is 0 Å². The molecule has 0 amide bonds. The standard InChI is InChI=1S/C57H41GeN/c1-57(2)51-23-10-6-19-45(51)50-36-43(32-34-52(50)57)59(42-18-14-17-41(35-42)40-29-27-39(28-30-40)38-15-4-3-5-16-38)44-31-33-49-48-22-9-13-26-55(48)58(56(49)37-44)53-24-11-7-20-46(53)47-21-8-12-25-54(47)58/h3-37H,1-2H3. The molecule has 12 rings (SSSR count). The Balaban J connectivity index is 1.08. The summed E-state index contributed by atoms with van der Waals surface area (Å²) < 4.78 is 6.15. The van der Waals surface area contributed by atoms with Gasteiger partial charge in [0.25, 0.3) is 0 Å². The SMILES string of the molecule is CC1(C)c2ccccc2-c2cc(N(c3cccc(-c4ccc(-c5ccccc5)cc4)c3)c3ccc4[c](c3)[Ge]3([c]5ccccc5-c5cccc[c]53)[c]3ccccc3-4)ccc21. The summed E-state index contributed by atoms with van der Waals surface area (Å²) in [5.74, 6) is 0. The fourth-order valence-electron chi connectivity index (χ4n) is 10.8. The van der Waals surface area contributed by atoms with Crippen LogP contribution < -0.4 is 22.5 Å². The van der Waals surface area contributed by atoms with E-state index in [1.54, 1.807) is 13.2 Å². The van der Waals surface area contributed by atoms with E-state index in [-0.39, 0.29) is 5.41 Å². The molecule has 1 spiro atoms. The summed E-state index contributed by atoms with van der Waals surface area (Å²) in [5.41, 5.74) is 19.3. The summed E-state index contributed by atoms with van der Waals surface area (Å²) >= 11 is -3.41. The molecule has 2 heterocycles. The second-order valence-electron chi connectivity index (χ2n) is 16.8. The summed E-state index contributed by atoms with van der Waals surface area (Å²) in [5, 5.41) is 0. The Kier molecular flexibility index (Phi) is 7.52. The topological polar surface area (TPSA) is 3.24 Å². The van der Waals surface area contributed by atoms with Crippen molar-refractivity contribution in [3.05, 3.63) is 223 Å². The minimum atomic E-state index is -3.41. The predicted octanol–water partition coefficient (Wildman–Crippen LogP) is 12.1. The summed E-state index contributed by atoms with van der Waals surface area (Å²) in [6, 6.07) is 80.2. The Labute approximate surface area is 349 Å². The van der Waals surface area contributed by atoms with Gasteiger partial charge in [-0.3, -0.25) is 0 Å². The molecule has 0 fully saturated rings. The first-order valence-corrected chi connectivity index (χ1v) is 25.0.